The van der Waals surface area contributed by atoms with Crippen molar-refractivity contribution in [3.8, 4) is 0 Å². The zero-order chi connectivity index (χ0) is 15.2. The lowest BCUT2D eigenvalue weighted by Gasteiger charge is -2.10. The van der Waals surface area contributed by atoms with Crippen molar-refractivity contribution < 1.29 is 4.74 Å². The number of hydrogen-bond donors (Lipinski definition) is 3. The van der Waals surface area contributed by atoms with E-state index in [0.717, 1.165) is 15.7 Å². The molecule has 1 heterocycles. The second-order valence-corrected chi connectivity index (χ2v) is 5.28. The Bertz CT molecular complexity index is 620. The molecule has 1 aromatic carbocycles. The zero-order valence-corrected chi connectivity index (χ0v) is 13.6. The number of nitrogens with one attached hydrogen (secondary N) is 2. The molecule has 0 aliphatic rings. The molecule has 0 saturated carbocycles. The van der Waals surface area contributed by atoms with Crippen molar-refractivity contribution in [1.29, 1.82) is 0 Å². The minimum Gasteiger partial charge on any atom is -0.374 e. The molecule has 0 radical (unpaired) electrons. The van der Waals surface area contributed by atoms with Crippen LogP contribution in [0.1, 0.15) is 18.3 Å². The molecule has 0 unspecified atom stereocenters. The summed E-state index contributed by atoms with van der Waals surface area (Å²) in [7, 11) is 0. The molecular formula is C14H18BrN5O. The van der Waals surface area contributed by atoms with Gasteiger partial charge in [-0.3, -0.25) is 0 Å². The Balaban J connectivity index is 2.23. The lowest BCUT2D eigenvalue weighted by Crippen LogP contribution is -2.12. The summed E-state index contributed by atoms with van der Waals surface area (Å²) in [6.45, 7) is 4.91. The summed E-state index contributed by atoms with van der Waals surface area (Å²) >= 11 is 3.48. The van der Waals surface area contributed by atoms with E-state index < -0.39 is 0 Å². The number of ether oxygens (including phenoxy) is 1. The lowest BCUT2D eigenvalue weighted by molar-refractivity contribution is 0.128. The molecule has 0 bridgehead atoms. The Hall–Kier alpha value is -1.70. The number of nitrogens with two attached hydrogens (primary N) is 1. The van der Waals surface area contributed by atoms with E-state index in [4.69, 9.17) is 10.6 Å². The molecule has 0 aliphatic heterocycles. The van der Waals surface area contributed by atoms with E-state index in [0.29, 0.717) is 30.7 Å². The minimum absolute atomic E-state index is 0.347. The van der Waals surface area contributed by atoms with Crippen molar-refractivity contribution in [2.24, 2.45) is 5.84 Å². The van der Waals surface area contributed by atoms with E-state index in [9.17, 15) is 0 Å². The van der Waals surface area contributed by atoms with Gasteiger partial charge in [-0.25, -0.2) is 15.8 Å². The van der Waals surface area contributed by atoms with Crippen molar-refractivity contribution in [2.75, 3.05) is 17.3 Å². The molecule has 0 aliphatic carbocycles. The smallest absolute Gasteiger partial charge is 0.158 e. The SMILES string of the molecule is CCOCc1nc(NN)cc(Nc2ccc(Br)c(C)c2)n1. The maximum atomic E-state index is 5.44. The van der Waals surface area contributed by atoms with Gasteiger partial charge in [-0.15, -0.1) is 0 Å². The maximum Gasteiger partial charge on any atom is 0.158 e. The van der Waals surface area contributed by atoms with Crippen LogP contribution in [0.15, 0.2) is 28.7 Å². The van der Waals surface area contributed by atoms with Crippen LogP contribution in [0, 0.1) is 6.92 Å². The summed E-state index contributed by atoms with van der Waals surface area (Å²) in [5.41, 5.74) is 4.62. The summed E-state index contributed by atoms with van der Waals surface area (Å²) in [4.78, 5) is 8.65. The summed E-state index contributed by atoms with van der Waals surface area (Å²) in [5, 5.41) is 3.24. The highest BCUT2D eigenvalue weighted by molar-refractivity contribution is 9.10. The topological polar surface area (TPSA) is 85.1 Å². The molecule has 0 atom stereocenters. The van der Waals surface area contributed by atoms with Gasteiger partial charge in [0.05, 0.1) is 0 Å². The Morgan fingerprint density at radius 1 is 1.24 bits per heavy atom. The van der Waals surface area contributed by atoms with Gasteiger partial charge in [0.1, 0.15) is 18.2 Å². The number of aromatic nitrogens is 2. The van der Waals surface area contributed by atoms with Crippen LogP contribution in [-0.4, -0.2) is 16.6 Å². The molecule has 1 aromatic heterocycles. The third-order valence-electron chi connectivity index (χ3n) is 2.79. The molecule has 112 valence electrons. The number of aryl methyl sites for hydroxylation is 1. The van der Waals surface area contributed by atoms with Crippen LogP contribution in [0.25, 0.3) is 0 Å². The normalized spacial score (nSPS) is 10.5. The van der Waals surface area contributed by atoms with Crippen molar-refractivity contribution >= 4 is 33.3 Å². The van der Waals surface area contributed by atoms with Crippen LogP contribution in [0.4, 0.5) is 17.3 Å². The van der Waals surface area contributed by atoms with Gasteiger partial charge in [-0.2, -0.15) is 0 Å². The number of benzene rings is 1. The Morgan fingerprint density at radius 3 is 2.67 bits per heavy atom. The Morgan fingerprint density at radius 2 is 2.00 bits per heavy atom. The number of hydrogen-bond acceptors (Lipinski definition) is 6. The minimum atomic E-state index is 0.347. The predicted octanol–water partition coefficient (Wildman–Crippen LogP) is 3.11. The lowest BCUT2D eigenvalue weighted by atomic mass is 10.2. The van der Waals surface area contributed by atoms with Crippen LogP contribution < -0.4 is 16.6 Å². The molecule has 2 aromatic rings. The molecular weight excluding hydrogens is 334 g/mol. The summed E-state index contributed by atoms with van der Waals surface area (Å²) in [6.07, 6.45) is 0. The van der Waals surface area contributed by atoms with Gasteiger partial charge >= 0.3 is 0 Å². The van der Waals surface area contributed by atoms with Crippen LogP contribution in [0.3, 0.4) is 0 Å². The third-order valence-corrected chi connectivity index (χ3v) is 3.68. The molecule has 4 N–H and O–H groups in total. The number of halogens is 1. The predicted molar refractivity (Wildman–Crippen MR) is 87.3 cm³/mol. The van der Waals surface area contributed by atoms with Gasteiger partial charge in [0.15, 0.2) is 5.82 Å². The van der Waals surface area contributed by atoms with E-state index in [1.165, 1.54) is 0 Å². The van der Waals surface area contributed by atoms with Crippen LogP contribution in [0.2, 0.25) is 0 Å². The van der Waals surface area contributed by atoms with E-state index >= 15 is 0 Å². The fourth-order valence-electron chi connectivity index (χ4n) is 1.76. The third kappa shape index (κ3) is 4.38. The second-order valence-electron chi connectivity index (χ2n) is 4.43. The van der Waals surface area contributed by atoms with Crippen molar-refractivity contribution in [3.05, 3.63) is 40.1 Å². The van der Waals surface area contributed by atoms with E-state index in [1.807, 2.05) is 32.0 Å². The number of nitrogens with zero attached hydrogens (tertiary/aromatic N) is 2. The van der Waals surface area contributed by atoms with Gasteiger partial charge in [-0.1, -0.05) is 15.9 Å². The molecule has 0 saturated heterocycles. The average Bonchev–Trinajstić information content (AvgIpc) is 2.48. The number of anilines is 3. The summed E-state index contributed by atoms with van der Waals surface area (Å²) in [6, 6.07) is 7.73. The first-order valence-electron chi connectivity index (χ1n) is 6.58. The molecule has 21 heavy (non-hydrogen) atoms. The van der Waals surface area contributed by atoms with Gasteiger partial charge in [0.25, 0.3) is 0 Å². The number of nitrogen functional groups attached to an aromatic ring is 1. The highest BCUT2D eigenvalue weighted by Crippen LogP contribution is 2.23. The Labute approximate surface area is 132 Å². The monoisotopic (exact) mass is 351 g/mol. The fraction of sp³-hybridized carbons (Fsp3) is 0.286. The fourth-order valence-corrected chi connectivity index (χ4v) is 2.01. The van der Waals surface area contributed by atoms with Crippen LogP contribution in [-0.2, 0) is 11.3 Å². The second kappa shape index (κ2) is 7.35. The van der Waals surface area contributed by atoms with Gasteiger partial charge in [0.2, 0.25) is 0 Å². The first-order valence-corrected chi connectivity index (χ1v) is 7.37. The average molecular weight is 352 g/mol. The highest BCUT2D eigenvalue weighted by Gasteiger charge is 2.05. The number of hydrazine groups is 1. The van der Waals surface area contributed by atoms with Gasteiger partial charge < -0.3 is 15.5 Å². The Kier molecular flexibility index (Phi) is 5.49. The first kappa shape index (κ1) is 15.7. The number of rotatable bonds is 6. The van der Waals surface area contributed by atoms with E-state index in [-0.39, 0.29) is 0 Å². The molecule has 6 nitrogen and oxygen atoms in total. The maximum absolute atomic E-state index is 5.44. The van der Waals surface area contributed by atoms with Crippen molar-refractivity contribution in [1.82, 2.24) is 9.97 Å². The van der Waals surface area contributed by atoms with Crippen LogP contribution in [0.5, 0.6) is 0 Å². The summed E-state index contributed by atoms with van der Waals surface area (Å²) < 4.78 is 6.40. The van der Waals surface area contributed by atoms with E-state index in [1.54, 1.807) is 6.07 Å². The quantitative estimate of drug-likeness (QED) is 0.547. The van der Waals surface area contributed by atoms with Crippen molar-refractivity contribution in [2.45, 2.75) is 20.5 Å². The molecule has 0 amide bonds. The molecule has 2 rings (SSSR count). The molecule has 0 spiro atoms. The zero-order valence-electron chi connectivity index (χ0n) is 12.0. The van der Waals surface area contributed by atoms with E-state index in [2.05, 4.69) is 36.6 Å². The summed E-state index contributed by atoms with van der Waals surface area (Å²) in [5.74, 6) is 7.21. The van der Waals surface area contributed by atoms with Crippen molar-refractivity contribution in [3.63, 3.8) is 0 Å². The van der Waals surface area contributed by atoms with Gasteiger partial charge in [-0.05, 0) is 37.6 Å². The highest BCUT2D eigenvalue weighted by atomic mass is 79.9. The van der Waals surface area contributed by atoms with Gasteiger partial charge in [0, 0.05) is 22.8 Å². The largest absolute Gasteiger partial charge is 0.374 e. The molecule has 7 heteroatoms. The van der Waals surface area contributed by atoms with Crippen LogP contribution >= 0.6 is 15.9 Å². The standard InChI is InChI=1S/C14H18BrN5O/c1-3-21-8-14-18-12(7-13(19-14)20-16)17-10-4-5-11(15)9(2)6-10/h4-7H,3,8,16H2,1-2H3,(H2,17,18,19,20). The first-order chi connectivity index (χ1) is 10.1. The molecule has 0 fully saturated rings.